The van der Waals surface area contributed by atoms with Crippen LogP contribution in [0, 0.1) is 13.8 Å². The van der Waals surface area contributed by atoms with Gasteiger partial charge in [-0.15, -0.1) is 11.3 Å². The zero-order valence-corrected chi connectivity index (χ0v) is 16.6. The topological polar surface area (TPSA) is 56.7 Å². The second-order valence-electron chi connectivity index (χ2n) is 6.55. The van der Waals surface area contributed by atoms with E-state index in [2.05, 4.69) is 18.7 Å². The third-order valence-electron chi connectivity index (χ3n) is 4.79. The SMILES string of the molecule is COc1ccccc1Oc1nc(CN2CCOCC2)nc2sc(C)c(C)c12. The standard InChI is InChI=1S/C20H23N3O3S/c1-13-14(2)27-20-18(13)19(26-16-7-5-4-6-15(16)24-3)21-17(22-20)12-23-8-10-25-11-9-23/h4-7H,8-12H2,1-3H3. The molecule has 1 aliphatic rings. The van der Waals surface area contributed by atoms with Crippen molar-refractivity contribution in [3.8, 4) is 17.4 Å². The number of benzene rings is 1. The minimum Gasteiger partial charge on any atom is -0.493 e. The molecule has 1 aliphatic heterocycles. The normalized spacial score (nSPS) is 15.2. The Labute approximate surface area is 162 Å². The summed E-state index contributed by atoms with van der Waals surface area (Å²) in [5, 5.41) is 0.981. The van der Waals surface area contributed by atoms with Gasteiger partial charge in [-0.2, -0.15) is 4.98 Å². The molecule has 0 saturated carbocycles. The molecule has 0 atom stereocenters. The average Bonchev–Trinajstić information content (AvgIpc) is 2.97. The molecule has 3 heterocycles. The summed E-state index contributed by atoms with van der Waals surface area (Å²) in [5.74, 6) is 2.70. The van der Waals surface area contributed by atoms with Gasteiger partial charge in [0.15, 0.2) is 11.5 Å². The van der Waals surface area contributed by atoms with Crippen LogP contribution in [0.1, 0.15) is 16.3 Å². The summed E-state index contributed by atoms with van der Waals surface area (Å²) in [6.45, 7) is 8.19. The van der Waals surface area contributed by atoms with Crippen molar-refractivity contribution in [1.82, 2.24) is 14.9 Å². The predicted molar refractivity (Wildman–Crippen MR) is 106 cm³/mol. The maximum absolute atomic E-state index is 6.23. The Morgan fingerprint density at radius 3 is 2.59 bits per heavy atom. The van der Waals surface area contributed by atoms with Gasteiger partial charge in [0.2, 0.25) is 5.88 Å². The molecule has 142 valence electrons. The molecule has 7 heteroatoms. The maximum atomic E-state index is 6.23. The summed E-state index contributed by atoms with van der Waals surface area (Å²) >= 11 is 1.68. The van der Waals surface area contributed by atoms with Crippen molar-refractivity contribution >= 4 is 21.6 Å². The fourth-order valence-electron chi connectivity index (χ4n) is 3.17. The summed E-state index contributed by atoms with van der Waals surface area (Å²) in [6, 6.07) is 7.62. The van der Waals surface area contributed by atoms with Gasteiger partial charge in [-0.1, -0.05) is 12.1 Å². The first-order valence-electron chi connectivity index (χ1n) is 9.03. The van der Waals surface area contributed by atoms with Crippen LogP contribution < -0.4 is 9.47 Å². The lowest BCUT2D eigenvalue weighted by Gasteiger charge is -2.25. The average molecular weight is 385 g/mol. The van der Waals surface area contributed by atoms with E-state index in [0.29, 0.717) is 23.9 Å². The number of methoxy groups -OCH3 is 1. The number of para-hydroxylation sites is 2. The Balaban J connectivity index is 1.74. The second kappa shape index (κ2) is 7.80. The van der Waals surface area contributed by atoms with Gasteiger partial charge in [-0.25, -0.2) is 4.98 Å². The summed E-state index contributed by atoms with van der Waals surface area (Å²) in [4.78, 5) is 14.1. The highest BCUT2D eigenvalue weighted by atomic mass is 32.1. The van der Waals surface area contributed by atoms with E-state index in [0.717, 1.165) is 47.9 Å². The fraction of sp³-hybridized carbons (Fsp3) is 0.400. The smallest absolute Gasteiger partial charge is 0.231 e. The first-order valence-corrected chi connectivity index (χ1v) is 9.85. The van der Waals surface area contributed by atoms with Gasteiger partial charge in [0.1, 0.15) is 10.7 Å². The number of aromatic nitrogens is 2. The molecule has 0 unspecified atom stereocenters. The van der Waals surface area contributed by atoms with Crippen LogP contribution in [-0.2, 0) is 11.3 Å². The van der Waals surface area contributed by atoms with E-state index in [1.165, 1.54) is 4.88 Å². The molecule has 1 fully saturated rings. The molecule has 0 amide bonds. The molecule has 0 aliphatic carbocycles. The van der Waals surface area contributed by atoms with Gasteiger partial charge < -0.3 is 14.2 Å². The lowest BCUT2D eigenvalue weighted by Crippen LogP contribution is -2.36. The van der Waals surface area contributed by atoms with Crippen molar-refractivity contribution in [3.05, 3.63) is 40.5 Å². The highest BCUT2D eigenvalue weighted by Gasteiger charge is 2.19. The molecule has 0 spiro atoms. The Bertz CT molecular complexity index is 951. The molecule has 6 nitrogen and oxygen atoms in total. The Hall–Kier alpha value is -2.22. The number of hydrogen-bond donors (Lipinski definition) is 0. The summed E-state index contributed by atoms with van der Waals surface area (Å²) < 4.78 is 17.1. The van der Waals surface area contributed by atoms with Crippen LogP contribution in [0.2, 0.25) is 0 Å². The summed E-state index contributed by atoms with van der Waals surface area (Å²) in [5.41, 5.74) is 1.16. The largest absolute Gasteiger partial charge is 0.493 e. The van der Waals surface area contributed by atoms with E-state index in [-0.39, 0.29) is 0 Å². The Kier molecular flexibility index (Phi) is 5.24. The zero-order valence-electron chi connectivity index (χ0n) is 15.8. The zero-order chi connectivity index (χ0) is 18.8. The number of morpholine rings is 1. The van der Waals surface area contributed by atoms with Crippen molar-refractivity contribution in [2.75, 3.05) is 33.4 Å². The first-order chi connectivity index (χ1) is 13.2. The third kappa shape index (κ3) is 3.76. The second-order valence-corrected chi connectivity index (χ2v) is 7.75. The van der Waals surface area contributed by atoms with Gasteiger partial charge in [0, 0.05) is 18.0 Å². The lowest BCUT2D eigenvalue weighted by atomic mass is 10.2. The van der Waals surface area contributed by atoms with Crippen LogP contribution in [0.15, 0.2) is 24.3 Å². The molecule has 0 bridgehead atoms. The molecule has 2 aromatic heterocycles. The van der Waals surface area contributed by atoms with E-state index < -0.39 is 0 Å². The minimum atomic E-state index is 0.592. The number of hydrogen-bond acceptors (Lipinski definition) is 7. The lowest BCUT2D eigenvalue weighted by molar-refractivity contribution is 0.0330. The number of ether oxygens (including phenoxy) is 3. The van der Waals surface area contributed by atoms with Crippen molar-refractivity contribution in [2.24, 2.45) is 0 Å². The van der Waals surface area contributed by atoms with Gasteiger partial charge in [0.05, 0.1) is 32.3 Å². The van der Waals surface area contributed by atoms with E-state index in [1.54, 1.807) is 18.4 Å². The van der Waals surface area contributed by atoms with Crippen LogP contribution in [0.25, 0.3) is 10.2 Å². The number of nitrogens with zero attached hydrogens (tertiary/aromatic N) is 3. The highest BCUT2D eigenvalue weighted by Crippen LogP contribution is 2.38. The van der Waals surface area contributed by atoms with Crippen molar-refractivity contribution in [1.29, 1.82) is 0 Å². The molecular formula is C20H23N3O3S. The molecule has 3 aromatic rings. The van der Waals surface area contributed by atoms with Crippen LogP contribution >= 0.6 is 11.3 Å². The van der Waals surface area contributed by atoms with Crippen LogP contribution in [-0.4, -0.2) is 48.3 Å². The van der Waals surface area contributed by atoms with Gasteiger partial charge in [-0.05, 0) is 31.5 Å². The molecular weight excluding hydrogens is 362 g/mol. The number of aryl methyl sites for hydroxylation is 2. The van der Waals surface area contributed by atoms with E-state index >= 15 is 0 Å². The quantitative estimate of drug-likeness (QED) is 0.663. The Morgan fingerprint density at radius 1 is 1.11 bits per heavy atom. The molecule has 27 heavy (non-hydrogen) atoms. The van der Waals surface area contributed by atoms with Crippen molar-refractivity contribution in [2.45, 2.75) is 20.4 Å². The molecule has 1 saturated heterocycles. The summed E-state index contributed by atoms with van der Waals surface area (Å²) in [6.07, 6.45) is 0. The molecule has 0 radical (unpaired) electrons. The van der Waals surface area contributed by atoms with E-state index in [9.17, 15) is 0 Å². The van der Waals surface area contributed by atoms with Gasteiger partial charge >= 0.3 is 0 Å². The molecule has 4 rings (SSSR count). The maximum Gasteiger partial charge on any atom is 0.231 e. The van der Waals surface area contributed by atoms with Crippen LogP contribution in [0.4, 0.5) is 0 Å². The van der Waals surface area contributed by atoms with Crippen molar-refractivity contribution in [3.63, 3.8) is 0 Å². The fourth-order valence-corrected chi connectivity index (χ4v) is 4.20. The van der Waals surface area contributed by atoms with Gasteiger partial charge in [0.25, 0.3) is 0 Å². The van der Waals surface area contributed by atoms with E-state index in [4.69, 9.17) is 24.2 Å². The van der Waals surface area contributed by atoms with E-state index in [1.807, 2.05) is 24.3 Å². The molecule has 1 aromatic carbocycles. The predicted octanol–water partition coefficient (Wildman–Crippen LogP) is 3.94. The van der Waals surface area contributed by atoms with Crippen LogP contribution in [0.3, 0.4) is 0 Å². The minimum absolute atomic E-state index is 0.592. The summed E-state index contributed by atoms with van der Waals surface area (Å²) in [7, 11) is 1.64. The highest BCUT2D eigenvalue weighted by molar-refractivity contribution is 7.18. The first kappa shape index (κ1) is 18.2. The molecule has 0 N–H and O–H groups in total. The van der Waals surface area contributed by atoms with Gasteiger partial charge in [-0.3, -0.25) is 4.90 Å². The monoisotopic (exact) mass is 385 g/mol. The van der Waals surface area contributed by atoms with Crippen molar-refractivity contribution < 1.29 is 14.2 Å². The number of fused-ring (bicyclic) bond motifs is 1. The number of thiophene rings is 1. The third-order valence-corrected chi connectivity index (χ3v) is 5.89. The Morgan fingerprint density at radius 2 is 1.85 bits per heavy atom. The number of rotatable bonds is 5. The van der Waals surface area contributed by atoms with Crippen LogP contribution in [0.5, 0.6) is 17.4 Å².